The molecule has 1 aromatic rings. The van der Waals surface area contributed by atoms with E-state index in [4.69, 9.17) is 28.3 Å². The van der Waals surface area contributed by atoms with Crippen molar-refractivity contribution in [2.45, 2.75) is 32.7 Å². The van der Waals surface area contributed by atoms with Crippen LogP contribution >= 0.6 is 23.2 Å². The summed E-state index contributed by atoms with van der Waals surface area (Å²) in [6, 6.07) is 4.05. The molecule has 0 aliphatic heterocycles. The standard InChI is InChI=1S/C14H17Cl2NO3/c1-3-8(2)13(14(19)20)17-12(18)7-9-10(15)5-4-6-11(9)16/h4-6,8,13H,3,7H2,1-2H3,(H,17,18)(H,19,20). The van der Waals surface area contributed by atoms with Crippen LogP contribution in [0.15, 0.2) is 18.2 Å². The van der Waals surface area contributed by atoms with Gasteiger partial charge < -0.3 is 10.4 Å². The number of amides is 1. The zero-order valence-electron chi connectivity index (χ0n) is 11.3. The van der Waals surface area contributed by atoms with E-state index in [0.29, 0.717) is 22.0 Å². The number of hydrogen-bond acceptors (Lipinski definition) is 2. The molecule has 0 radical (unpaired) electrons. The van der Waals surface area contributed by atoms with Crippen LogP contribution < -0.4 is 5.32 Å². The molecule has 6 heteroatoms. The summed E-state index contributed by atoms with van der Waals surface area (Å²) in [5.74, 6) is -1.61. The van der Waals surface area contributed by atoms with Gasteiger partial charge in [0.05, 0.1) is 6.42 Å². The molecule has 2 N–H and O–H groups in total. The van der Waals surface area contributed by atoms with Gasteiger partial charge in [-0.05, 0) is 23.6 Å². The van der Waals surface area contributed by atoms with Crippen molar-refractivity contribution in [1.29, 1.82) is 0 Å². The quantitative estimate of drug-likeness (QED) is 0.847. The molecule has 1 amide bonds. The third-order valence-corrected chi connectivity index (χ3v) is 3.90. The number of carboxylic acid groups (broad SMARTS) is 1. The lowest BCUT2D eigenvalue weighted by Gasteiger charge is -2.20. The monoisotopic (exact) mass is 317 g/mol. The molecule has 2 atom stereocenters. The Morgan fingerprint density at radius 2 is 1.85 bits per heavy atom. The van der Waals surface area contributed by atoms with Crippen molar-refractivity contribution in [2.75, 3.05) is 0 Å². The second-order valence-electron chi connectivity index (χ2n) is 4.65. The number of hydrogen-bond donors (Lipinski definition) is 2. The summed E-state index contributed by atoms with van der Waals surface area (Å²) in [6.45, 7) is 3.65. The third kappa shape index (κ3) is 4.39. The second-order valence-corrected chi connectivity index (χ2v) is 5.46. The van der Waals surface area contributed by atoms with Crippen LogP contribution in [0.5, 0.6) is 0 Å². The maximum absolute atomic E-state index is 12.0. The van der Waals surface area contributed by atoms with E-state index >= 15 is 0 Å². The summed E-state index contributed by atoms with van der Waals surface area (Å²) in [7, 11) is 0. The van der Waals surface area contributed by atoms with Crippen LogP contribution in [0, 0.1) is 5.92 Å². The lowest BCUT2D eigenvalue weighted by Crippen LogP contribution is -2.45. The van der Waals surface area contributed by atoms with Crippen LogP contribution in [0.25, 0.3) is 0 Å². The maximum Gasteiger partial charge on any atom is 0.326 e. The van der Waals surface area contributed by atoms with Gasteiger partial charge >= 0.3 is 5.97 Å². The number of benzene rings is 1. The van der Waals surface area contributed by atoms with Gasteiger partial charge in [-0.25, -0.2) is 4.79 Å². The molecule has 1 aromatic carbocycles. The van der Waals surface area contributed by atoms with Gasteiger partial charge in [0.25, 0.3) is 0 Å². The highest BCUT2D eigenvalue weighted by atomic mass is 35.5. The third-order valence-electron chi connectivity index (χ3n) is 3.19. The Morgan fingerprint density at radius 1 is 1.30 bits per heavy atom. The SMILES string of the molecule is CCC(C)C(NC(=O)Cc1c(Cl)cccc1Cl)C(=O)O. The fraction of sp³-hybridized carbons (Fsp3) is 0.429. The molecule has 0 aliphatic rings. The highest BCUT2D eigenvalue weighted by Gasteiger charge is 2.25. The molecule has 20 heavy (non-hydrogen) atoms. The van der Waals surface area contributed by atoms with Gasteiger partial charge in [-0.3, -0.25) is 4.79 Å². The van der Waals surface area contributed by atoms with Gasteiger partial charge in [-0.15, -0.1) is 0 Å². The molecular formula is C14H17Cl2NO3. The molecule has 110 valence electrons. The molecule has 4 nitrogen and oxygen atoms in total. The predicted octanol–water partition coefficient (Wildman–Crippen LogP) is 3.15. The van der Waals surface area contributed by atoms with E-state index in [1.807, 2.05) is 6.92 Å². The highest BCUT2D eigenvalue weighted by Crippen LogP contribution is 2.24. The van der Waals surface area contributed by atoms with E-state index in [0.717, 1.165) is 0 Å². The fourth-order valence-electron chi connectivity index (χ4n) is 1.77. The zero-order chi connectivity index (χ0) is 15.3. The Bertz CT molecular complexity index is 485. The predicted molar refractivity (Wildman–Crippen MR) is 79.2 cm³/mol. The minimum Gasteiger partial charge on any atom is -0.480 e. The van der Waals surface area contributed by atoms with E-state index in [-0.39, 0.29) is 12.3 Å². The average Bonchev–Trinajstić information content (AvgIpc) is 2.39. The Kier molecular flexibility index (Phi) is 6.30. The number of aliphatic carboxylic acids is 1. The molecule has 0 spiro atoms. The van der Waals surface area contributed by atoms with E-state index < -0.39 is 17.9 Å². The van der Waals surface area contributed by atoms with Crippen molar-refractivity contribution in [2.24, 2.45) is 5.92 Å². The zero-order valence-corrected chi connectivity index (χ0v) is 12.8. The summed E-state index contributed by atoms with van der Waals surface area (Å²) in [5, 5.41) is 12.4. The van der Waals surface area contributed by atoms with Gasteiger partial charge in [-0.1, -0.05) is 49.5 Å². The maximum atomic E-state index is 12.0. The number of halogens is 2. The Labute approximate surface area is 128 Å². The fourth-order valence-corrected chi connectivity index (χ4v) is 2.30. The van der Waals surface area contributed by atoms with E-state index in [9.17, 15) is 9.59 Å². The number of nitrogens with one attached hydrogen (secondary N) is 1. The normalized spacial score (nSPS) is 13.6. The first-order chi connectivity index (χ1) is 9.36. The number of carbonyl (C=O) groups excluding carboxylic acids is 1. The van der Waals surface area contributed by atoms with Gasteiger partial charge in [-0.2, -0.15) is 0 Å². The van der Waals surface area contributed by atoms with Gasteiger partial charge in [0, 0.05) is 10.0 Å². The molecule has 0 aromatic heterocycles. The second kappa shape index (κ2) is 7.50. The molecule has 0 aliphatic carbocycles. The summed E-state index contributed by atoms with van der Waals surface area (Å²) >= 11 is 12.0. The van der Waals surface area contributed by atoms with Crippen LogP contribution in [0.2, 0.25) is 10.0 Å². The van der Waals surface area contributed by atoms with E-state index in [1.54, 1.807) is 25.1 Å². The van der Waals surface area contributed by atoms with Crippen molar-refractivity contribution in [1.82, 2.24) is 5.32 Å². The highest BCUT2D eigenvalue weighted by molar-refractivity contribution is 6.36. The molecule has 0 bridgehead atoms. The van der Waals surface area contributed by atoms with Crippen molar-refractivity contribution in [3.05, 3.63) is 33.8 Å². The Morgan fingerprint density at radius 3 is 2.30 bits per heavy atom. The van der Waals surface area contributed by atoms with Crippen LogP contribution in [0.4, 0.5) is 0 Å². The minimum absolute atomic E-state index is 0.0429. The van der Waals surface area contributed by atoms with Crippen LogP contribution in [-0.2, 0) is 16.0 Å². The Hall–Kier alpha value is -1.26. The molecule has 1 rings (SSSR count). The van der Waals surface area contributed by atoms with E-state index in [1.165, 1.54) is 0 Å². The average molecular weight is 318 g/mol. The molecule has 0 saturated carbocycles. The van der Waals surface area contributed by atoms with Gasteiger partial charge in [0.2, 0.25) is 5.91 Å². The minimum atomic E-state index is -1.04. The smallest absolute Gasteiger partial charge is 0.326 e. The van der Waals surface area contributed by atoms with Crippen molar-refractivity contribution in [3.63, 3.8) is 0 Å². The van der Waals surface area contributed by atoms with Crippen molar-refractivity contribution in [3.8, 4) is 0 Å². The molecule has 0 fully saturated rings. The number of carbonyl (C=O) groups is 2. The lowest BCUT2D eigenvalue weighted by molar-refractivity contribution is -0.143. The first kappa shape index (κ1) is 16.8. The topological polar surface area (TPSA) is 66.4 Å². The first-order valence-electron chi connectivity index (χ1n) is 6.31. The van der Waals surface area contributed by atoms with Crippen LogP contribution in [-0.4, -0.2) is 23.0 Å². The molecule has 0 saturated heterocycles. The Balaban J connectivity index is 2.79. The van der Waals surface area contributed by atoms with Crippen LogP contribution in [0.3, 0.4) is 0 Å². The molecular weight excluding hydrogens is 301 g/mol. The van der Waals surface area contributed by atoms with Gasteiger partial charge in [0.1, 0.15) is 6.04 Å². The van der Waals surface area contributed by atoms with Crippen molar-refractivity contribution >= 4 is 35.1 Å². The largest absolute Gasteiger partial charge is 0.480 e. The summed E-state index contributed by atoms with van der Waals surface area (Å²) in [5.41, 5.74) is 0.502. The first-order valence-corrected chi connectivity index (χ1v) is 7.07. The number of rotatable bonds is 6. The summed E-state index contributed by atoms with van der Waals surface area (Å²) in [6.07, 6.45) is 0.614. The lowest BCUT2D eigenvalue weighted by atomic mass is 9.99. The number of carboxylic acids is 1. The summed E-state index contributed by atoms with van der Waals surface area (Å²) in [4.78, 5) is 23.1. The van der Waals surface area contributed by atoms with Gasteiger partial charge in [0.15, 0.2) is 0 Å². The summed E-state index contributed by atoms with van der Waals surface area (Å²) < 4.78 is 0. The molecule has 0 heterocycles. The van der Waals surface area contributed by atoms with E-state index in [2.05, 4.69) is 5.32 Å². The van der Waals surface area contributed by atoms with Crippen LogP contribution in [0.1, 0.15) is 25.8 Å². The van der Waals surface area contributed by atoms with Crippen molar-refractivity contribution < 1.29 is 14.7 Å². The molecule has 2 unspecified atom stereocenters.